The van der Waals surface area contributed by atoms with Crippen LogP contribution in [0.2, 0.25) is 0 Å². The van der Waals surface area contributed by atoms with Crippen LogP contribution in [-0.2, 0) is 22.4 Å². The molecule has 2 aromatic carbocycles. The number of halogens is 4. The van der Waals surface area contributed by atoms with Crippen molar-refractivity contribution in [2.75, 3.05) is 25.9 Å². The second-order valence-electron chi connectivity index (χ2n) is 6.12. The van der Waals surface area contributed by atoms with Crippen molar-refractivity contribution >= 4 is 15.8 Å². The molecule has 0 saturated carbocycles. The smallest absolute Gasteiger partial charge is 0.356 e. The van der Waals surface area contributed by atoms with Gasteiger partial charge in [0.05, 0.1) is 11.3 Å². The van der Waals surface area contributed by atoms with Gasteiger partial charge in [-0.25, -0.2) is 12.8 Å². The van der Waals surface area contributed by atoms with E-state index in [0.29, 0.717) is 24.5 Å². The first kappa shape index (κ1) is 22.7. The Balaban J connectivity index is 1.80. The fraction of sp³-hybridized carbons (Fsp3) is 0.316. The van der Waals surface area contributed by atoms with Crippen LogP contribution in [0.4, 0.5) is 17.6 Å². The molecule has 0 aliphatic rings. The minimum Gasteiger partial charge on any atom is -0.356 e. The topological polar surface area (TPSA) is 70.6 Å². The Hall–Kier alpha value is -2.62. The first-order valence-electron chi connectivity index (χ1n) is 8.71. The van der Waals surface area contributed by atoms with E-state index in [4.69, 9.17) is 0 Å². The zero-order valence-corrected chi connectivity index (χ0v) is 16.4. The molecule has 0 atom stereocenters. The molecule has 0 aliphatic heterocycles. The van der Waals surface area contributed by atoms with Crippen molar-refractivity contribution in [1.29, 1.82) is 0 Å². The van der Waals surface area contributed by atoms with Gasteiger partial charge in [-0.2, -0.15) is 13.2 Å². The van der Waals surface area contributed by atoms with Crippen molar-refractivity contribution in [3.05, 3.63) is 65.5 Å². The lowest BCUT2D eigenvalue weighted by atomic mass is 10.1. The molecule has 0 aliphatic carbocycles. The molecular weight excluding hydrogens is 410 g/mol. The monoisotopic (exact) mass is 431 g/mol. The van der Waals surface area contributed by atoms with Crippen molar-refractivity contribution < 1.29 is 26.0 Å². The van der Waals surface area contributed by atoms with Crippen LogP contribution in [0.3, 0.4) is 0 Å². The number of alkyl halides is 3. The summed E-state index contributed by atoms with van der Waals surface area (Å²) in [5, 5.41) is 5.77. The van der Waals surface area contributed by atoms with Crippen LogP contribution in [-0.4, -0.2) is 40.3 Å². The first-order valence-corrected chi connectivity index (χ1v) is 10.4. The summed E-state index contributed by atoms with van der Waals surface area (Å²) in [5.74, 6) is -0.791. The Morgan fingerprint density at radius 1 is 1.00 bits per heavy atom. The number of hydrogen-bond acceptors (Lipinski definition) is 3. The number of aliphatic imine (C=N–C) groups is 1. The summed E-state index contributed by atoms with van der Waals surface area (Å²) in [4.78, 5) is 3.60. The second-order valence-corrected chi connectivity index (χ2v) is 8.20. The molecule has 158 valence electrons. The quantitative estimate of drug-likeness (QED) is 0.402. The molecule has 0 aromatic heterocycles. The molecule has 0 saturated heterocycles. The SMILES string of the molecule is CN=C(NCCc1ccc(C(F)(F)F)cc1)NCCS(=O)(=O)c1ccccc1F. The molecule has 0 bridgehead atoms. The van der Waals surface area contributed by atoms with Crippen LogP contribution in [0.15, 0.2) is 58.4 Å². The number of guanidine groups is 1. The molecule has 0 spiro atoms. The Labute approximate surface area is 166 Å². The molecule has 2 N–H and O–H groups in total. The van der Waals surface area contributed by atoms with Gasteiger partial charge in [-0.1, -0.05) is 24.3 Å². The van der Waals surface area contributed by atoms with Gasteiger partial charge in [0.1, 0.15) is 10.7 Å². The molecule has 10 heteroatoms. The lowest BCUT2D eigenvalue weighted by Gasteiger charge is -2.13. The van der Waals surface area contributed by atoms with E-state index in [1.807, 2.05) is 0 Å². The highest BCUT2D eigenvalue weighted by molar-refractivity contribution is 7.91. The Morgan fingerprint density at radius 3 is 2.21 bits per heavy atom. The van der Waals surface area contributed by atoms with Gasteiger partial charge in [-0.05, 0) is 36.2 Å². The summed E-state index contributed by atoms with van der Waals surface area (Å²) in [6.45, 7) is 0.391. The molecule has 0 heterocycles. The lowest BCUT2D eigenvalue weighted by Crippen LogP contribution is -2.40. The van der Waals surface area contributed by atoms with Crippen LogP contribution in [0, 0.1) is 5.82 Å². The fourth-order valence-corrected chi connectivity index (χ4v) is 3.76. The summed E-state index contributed by atoms with van der Waals surface area (Å²) in [5.41, 5.74) is 0.00540. The Morgan fingerprint density at radius 2 is 1.62 bits per heavy atom. The minimum absolute atomic E-state index is 0.0105. The molecule has 29 heavy (non-hydrogen) atoms. The standard InChI is InChI=1S/C19H21F4N3O2S/c1-24-18(25-11-10-14-6-8-15(9-7-14)19(21,22)23)26-12-13-29(27,28)17-5-3-2-4-16(17)20/h2-9H,10-13H2,1H3,(H2,24,25,26). The number of benzene rings is 2. The maximum atomic E-state index is 13.7. The number of sulfone groups is 1. The van der Waals surface area contributed by atoms with Gasteiger partial charge >= 0.3 is 6.18 Å². The van der Waals surface area contributed by atoms with E-state index >= 15 is 0 Å². The van der Waals surface area contributed by atoms with Crippen LogP contribution in [0.25, 0.3) is 0 Å². The normalized spacial score (nSPS) is 12.7. The largest absolute Gasteiger partial charge is 0.416 e. The van der Waals surface area contributed by atoms with Crippen molar-refractivity contribution in [3.8, 4) is 0 Å². The lowest BCUT2D eigenvalue weighted by molar-refractivity contribution is -0.137. The minimum atomic E-state index is -4.37. The van der Waals surface area contributed by atoms with E-state index in [0.717, 1.165) is 18.2 Å². The molecule has 0 radical (unpaired) electrons. The predicted molar refractivity (Wildman–Crippen MR) is 103 cm³/mol. The number of nitrogens with one attached hydrogen (secondary N) is 2. The maximum Gasteiger partial charge on any atom is 0.416 e. The molecule has 0 fully saturated rings. The van der Waals surface area contributed by atoms with E-state index in [2.05, 4.69) is 15.6 Å². The highest BCUT2D eigenvalue weighted by Crippen LogP contribution is 2.29. The van der Waals surface area contributed by atoms with Crippen LogP contribution in [0.1, 0.15) is 11.1 Å². The third-order valence-electron chi connectivity index (χ3n) is 4.05. The highest BCUT2D eigenvalue weighted by Gasteiger charge is 2.29. The van der Waals surface area contributed by atoms with Gasteiger partial charge in [-0.3, -0.25) is 4.99 Å². The summed E-state index contributed by atoms with van der Waals surface area (Å²) in [6.07, 6.45) is -3.92. The van der Waals surface area contributed by atoms with E-state index in [1.165, 1.54) is 37.4 Å². The fourth-order valence-electron chi connectivity index (χ4n) is 2.52. The van der Waals surface area contributed by atoms with Crippen LogP contribution in [0.5, 0.6) is 0 Å². The third kappa shape index (κ3) is 6.74. The van der Waals surface area contributed by atoms with E-state index in [-0.39, 0.29) is 17.2 Å². The maximum absolute atomic E-state index is 13.7. The van der Waals surface area contributed by atoms with E-state index in [9.17, 15) is 26.0 Å². The summed E-state index contributed by atoms with van der Waals surface area (Å²) in [6, 6.07) is 10.0. The summed E-state index contributed by atoms with van der Waals surface area (Å²) < 4.78 is 75.7. The molecule has 2 rings (SSSR count). The second kappa shape index (κ2) is 9.73. The van der Waals surface area contributed by atoms with Gasteiger partial charge in [0.2, 0.25) is 0 Å². The third-order valence-corrected chi connectivity index (χ3v) is 5.79. The van der Waals surface area contributed by atoms with E-state index < -0.39 is 27.4 Å². The molecule has 0 unspecified atom stereocenters. The number of nitrogens with zero attached hydrogens (tertiary/aromatic N) is 1. The van der Waals surface area contributed by atoms with Crippen molar-refractivity contribution in [3.63, 3.8) is 0 Å². The van der Waals surface area contributed by atoms with Crippen molar-refractivity contribution in [2.24, 2.45) is 4.99 Å². The number of hydrogen-bond donors (Lipinski definition) is 2. The number of rotatable bonds is 7. The molecule has 5 nitrogen and oxygen atoms in total. The van der Waals surface area contributed by atoms with Gasteiger partial charge in [0, 0.05) is 20.1 Å². The predicted octanol–water partition coefficient (Wildman–Crippen LogP) is 3.03. The van der Waals surface area contributed by atoms with Crippen LogP contribution < -0.4 is 10.6 Å². The van der Waals surface area contributed by atoms with Crippen molar-refractivity contribution in [1.82, 2.24) is 10.6 Å². The highest BCUT2D eigenvalue weighted by atomic mass is 32.2. The molecule has 2 aromatic rings. The van der Waals surface area contributed by atoms with Gasteiger partial charge in [-0.15, -0.1) is 0 Å². The Bertz CT molecular complexity index is 943. The van der Waals surface area contributed by atoms with Gasteiger partial charge in [0.15, 0.2) is 15.8 Å². The van der Waals surface area contributed by atoms with Gasteiger partial charge < -0.3 is 10.6 Å². The van der Waals surface area contributed by atoms with E-state index in [1.54, 1.807) is 0 Å². The average molecular weight is 431 g/mol. The summed E-state index contributed by atoms with van der Waals surface area (Å²) in [7, 11) is -2.29. The summed E-state index contributed by atoms with van der Waals surface area (Å²) >= 11 is 0. The zero-order valence-electron chi connectivity index (χ0n) is 15.6. The average Bonchev–Trinajstić information content (AvgIpc) is 2.66. The molecular formula is C19H21F4N3O2S. The van der Waals surface area contributed by atoms with Gasteiger partial charge in [0.25, 0.3) is 0 Å². The zero-order chi connectivity index (χ0) is 21.5. The van der Waals surface area contributed by atoms with Crippen molar-refractivity contribution in [2.45, 2.75) is 17.5 Å². The molecule has 0 amide bonds. The first-order chi connectivity index (χ1) is 13.6. The Kier molecular flexibility index (Phi) is 7.60. The van der Waals surface area contributed by atoms with Crippen LogP contribution >= 0.6 is 0 Å².